The van der Waals surface area contributed by atoms with E-state index in [1.807, 2.05) is 54.6 Å². The van der Waals surface area contributed by atoms with Crippen molar-refractivity contribution in [1.82, 2.24) is 0 Å². The van der Waals surface area contributed by atoms with Crippen molar-refractivity contribution in [2.45, 2.75) is 0 Å². The summed E-state index contributed by atoms with van der Waals surface area (Å²) < 4.78 is 46.3. The van der Waals surface area contributed by atoms with Gasteiger partial charge in [0.2, 0.25) is 0 Å². The number of nitrogens with zero attached hydrogens (tertiary/aromatic N) is 5. The lowest BCUT2D eigenvalue weighted by molar-refractivity contribution is 0.426. The molecule has 0 saturated heterocycles. The lowest BCUT2D eigenvalue weighted by Crippen LogP contribution is -2.06. The highest BCUT2D eigenvalue weighted by atomic mass is 31.3. The molecule has 0 aliphatic carbocycles. The fourth-order valence-corrected chi connectivity index (χ4v) is 10.2. The van der Waals surface area contributed by atoms with Crippen LogP contribution >= 0.6 is 23.8 Å². The molecule has 10 nitrogen and oxygen atoms in total. The zero-order valence-electron chi connectivity index (χ0n) is 23.3. The van der Waals surface area contributed by atoms with E-state index in [0.717, 1.165) is 0 Å². The van der Waals surface area contributed by atoms with Crippen LogP contribution in [0.3, 0.4) is 0 Å². The highest BCUT2D eigenvalue weighted by Crippen LogP contribution is 2.71. The van der Waals surface area contributed by atoms with Gasteiger partial charge >= 0.3 is 15.3 Å². The first-order valence-electron chi connectivity index (χ1n) is 13.4. The maximum absolute atomic E-state index is 10.1. The molecule has 1 aliphatic heterocycles. The predicted molar refractivity (Wildman–Crippen MR) is 172 cm³/mol. The molecule has 0 amide bonds. The Bertz CT molecular complexity index is 1990. The van der Waals surface area contributed by atoms with Gasteiger partial charge in [0.25, 0.3) is 0 Å². The Morgan fingerprint density at radius 3 is 1.51 bits per heavy atom. The number of rotatable bonds is 10. The summed E-state index contributed by atoms with van der Waals surface area (Å²) in [7, 11) is -7.11. The van der Waals surface area contributed by atoms with Gasteiger partial charge in [-0.25, -0.2) is 0 Å². The number of para-hydroxylation sites is 4. The maximum Gasteiger partial charge on any atom is 0.460 e. The van der Waals surface area contributed by atoms with Gasteiger partial charge in [-0.1, -0.05) is 77.3 Å². The maximum atomic E-state index is 10.1. The molecule has 6 rings (SSSR count). The van der Waals surface area contributed by atoms with Crippen molar-refractivity contribution < 1.29 is 22.8 Å². The summed E-state index contributed by atoms with van der Waals surface area (Å²) in [4.78, 5) is 0. The van der Waals surface area contributed by atoms with E-state index in [4.69, 9.17) is 27.3 Å². The summed E-state index contributed by atoms with van der Waals surface area (Å²) in [5.41, 5.74) is 0.0950. The molecule has 5 aromatic carbocycles. The quantitative estimate of drug-likeness (QED) is 0.138. The molecule has 0 N–H and O–H groups in total. The van der Waals surface area contributed by atoms with Crippen molar-refractivity contribution in [2.24, 2.45) is 13.5 Å². The van der Waals surface area contributed by atoms with Crippen LogP contribution in [-0.4, -0.2) is 0 Å². The normalized spacial score (nSPS) is 16.4. The summed E-state index contributed by atoms with van der Waals surface area (Å²) in [5, 5.41) is 19.8. The van der Waals surface area contributed by atoms with E-state index in [2.05, 4.69) is 15.1 Å². The van der Waals surface area contributed by atoms with Crippen molar-refractivity contribution in [1.29, 1.82) is 10.5 Å². The van der Waals surface area contributed by atoms with Gasteiger partial charge in [-0.05, 0) is 60.7 Å². The molecule has 1 heterocycles. The Morgan fingerprint density at radius 2 is 1.02 bits per heavy atom. The zero-order valence-corrected chi connectivity index (χ0v) is 26.0. The molecule has 0 fully saturated rings. The van der Waals surface area contributed by atoms with E-state index in [9.17, 15) is 10.5 Å². The summed E-state index contributed by atoms with van der Waals surface area (Å²) >= 11 is 0. The highest BCUT2D eigenvalue weighted by molar-refractivity contribution is 7.73. The van der Waals surface area contributed by atoms with E-state index < -0.39 is 15.3 Å². The molecule has 0 saturated carbocycles. The second-order valence-corrected chi connectivity index (χ2v) is 14.1. The summed E-state index contributed by atoms with van der Waals surface area (Å²) in [5.74, 6) is 1.90. The fraction of sp³-hybridized carbons (Fsp3) is 0. The third kappa shape index (κ3) is 7.07. The SMILES string of the molecule is N#Cc1ccc(OP2(Oc3ccccc3)=NP=NP(Oc3ccccc3)(Oc3ccccc3)=N2)c(Oc2ccccc2)c1C#N. The molecule has 0 aromatic heterocycles. The molecule has 0 spiro atoms. The van der Waals surface area contributed by atoms with E-state index in [1.165, 1.54) is 12.1 Å². The van der Waals surface area contributed by atoms with Gasteiger partial charge in [0.15, 0.2) is 20.0 Å². The first-order chi connectivity index (χ1) is 22.1. The fourth-order valence-electron chi connectivity index (χ4n) is 4.01. The first kappa shape index (κ1) is 29.7. The molecule has 1 unspecified atom stereocenters. The molecule has 13 heteroatoms. The molecule has 220 valence electrons. The van der Waals surface area contributed by atoms with Crippen LogP contribution in [0.4, 0.5) is 0 Å². The van der Waals surface area contributed by atoms with Crippen molar-refractivity contribution >= 4 is 23.8 Å². The van der Waals surface area contributed by atoms with Crippen molar-refractivity contribution in [2.75, 3.05) is 0 Å². The minimum Gasteiger partial charge on any atom is -0.452 e. The van der Waals surface area contributed by atoms with Crippen LogP contribution in [0.1, 0.15) is 11.1 Å². The monoisotopic (exact) mass is 649 g/mol. The third-order valence-corrected chi connectivity index (χ3v) is 12.0. The third-order valence-electron chi connectivity index (χ3n) is 5.97. The van der Waals surface area contributed by atoms with Crippen molar-refractivity contribution in [3.63, 3.8) is 0 Å². The number of benzene rings is 5. The summed E-state index contributed by atoms with van der Waals surface area (Å²) in [6.45, 7) is 0. The molecule has 1 aliphatic rings. The standard InChI is InChI=1S/C32H22N5O5P3/c33-23-25-21-22-31(32(30(25)24-34)38-26-13-5-1-6-14-26)42-45(41-29-19-11-4-12-20-29)36-43-35-44(37-45,39-27-15-7-2-8-16-27)40-28-17-9-3-10-18-28/h1-22H. The minimum atomic E-state index is -3.74. The Morgan fingerprint density at radius 1 is 0.533 bits per heavy atom. The van der Waals surface area contributed by atoms with Gasteiger partial charge in [-0.2, -0.15) is 10.5 Å². The van der Waals surface area contributed by atoms with Gasteiger partial charge in [0.05, 0.1) is 5.56 Å². The molecule has 1 atom stereocenters. The summed E-state index contributed by atoms with van der Waals surface area (Å²) in [6.07, 6.45) is 0. The van der Waals surface area contributed by atoms with Crippen LogP contribution in [0.15, 0.2) is 147 Å². The van der Waals surface area contributed by atoms with E-state index in [-0.39, 0.29) is 31.1 Å². The molecular weight excluding hydrogens is 627 g/mol. The Labute approximate surface area is 261 Å². The predicted octanol–water partition coefficient (Wildman–Crippen LogP) is 10.8. The van der Waals surface area contributed by atoms with E-state index >= 15 is 0 Å². The van der Waals surface area contributed by atoms with E-state index in [1.54, 1.807) is 72.8 Å². The van der Waals surface area contributed by atoms with Gasteiger partial charge in [-0.15, -0.1) is 9.03 Å². The van der Waals surface area contributed by atoms with Gasteiger partial charge < -0.3 is 22.8 Å². The van der Waals surface area contributed by atoms with E-state index in [0.29, 0.717) is 23.0 Å². The minimum absolute atomic E-state index is 0.0141. The van der Waals surface area contributed by atoms with Gasteiger partial charge in [0.1, 0.15) is 40.7 Å². The molecule has 45 heavy (non-hydrogen) atoms. The molecule has 5 aromatic rings. The van der Waals surface area contributed by atoms with Crippen LogP contribution in [0.5, 0.6) is 34.5 Å². The Balaban J connectivity index is 1.54. The molecule has 0 bridgehead atoms. The number of ether oxygens (including phenoxy) is 1. The smallest absolute Gasteiger partial charge is 0.452 e. The second-order valence-electron chi connectivity index (χ2n) is 9.10. The molecular formula is C32H22N5O5P3. The zero-order chi connectivity index (χ0) is 31.0. The van der Waals surface area contributed by atoms with Crippen molar-refractivity contribution in [3.05, 3.63) is 145 Å². The Kier molecular flexibility index (Phi) is 8.92. The van der Waals surface area contributed by atoms with Crippen LogP contribution in [-0.2, 0) is 0 Å². The van der Waals surface area contributed by atoms with Crippen LogP contribution in [0.2, 0.25) is 0 Å². The second kappa shape index (κ2) is 13.5. The Hall–Kier alpha value is -5.36. The number of nitriles is 2. The highest BCUT2D eigenvalue weighted by Gasteiger charge is 2.40. The summed E-state index contributed by atoms with van der Waals surface area (Å²) in [6, 6.07) is 43.0. The molecule has 0 radical (unpaired) electrons. The van der Waals surface area contributed by atoms with Gasteiger partial charge in [0, 0.05) is 0 Å². The van der Waals surface area contributed by atoms with Crippen LogP contribution in [0.25, 0.3) is 0 Å². The lowest BCUT2D eigenvalue weighted by atomic mass is 10.1. The number of hydrogen-bond donors (Lipinski definition) is 0. The average Bonchev–Trinajstić information content (AvgIpc) is 3.07. The average molecular weight is 649 g/mol. The number of hydrogen-bond acceptors (Lipinski definition) is 10. The first-order valence-corrected chi connectivity index (χ1v) is 17.3. The van der Waals surface area contributed by atoms with Crippen molar-refractivity contribution in [3.8, 4) is 46.6 Å². The van der Waals surface area contributed by atoms with Crippen LogP contribution in [0, 0.1) is 22.7 Å². The van der Waals surface area contributed by atoms with Gasteiger partial charge in [-0.3, -0.25) is 0 Å². The van der Waals surface area contributed by atoms with Crippen LogP contribution < -0.4 is 22.8 Å². The topological polar surface area (TPSA) is 131 Å². The lowest BCUT2D eigenvalue weighted by Gasteiger charge is -2.28. The largest absolute Gasteiger partial charge is 0.460 e.